The minimum Gasteiger partial charge on any atom is -0.485 e. The highest BCUT2D eigenvalue weighted by Gasteiger charge is 2.48. The van der Waals surface area contributed by atoms with Crippen LogP contribution in [0.15, 0.2) is 127 Å². The summed E-state index contributed by atoms with van der Waals surface area (Å²) in [6.45, 7) is 0.145. The molecule has 11 rings (SSSR count). The van der Waals surface area contributed by atoms with Gasteiger partial charge in [0.05, 0.1) is 5.92 Å². The SMILES string of the molecule is C1=Cc2ccc3c(c2CC1)B1C2=CC4Oc5ccccc5C4c4cccc(c42)-c2cccc(c21)N3c1ccc2ccccc2c1. The van der Waals surface area contributed by atoms with Crippen molar-refractivity contribution in [3.63, 3.8) is 0 Å². The van der Waals surface area contributed by atoms with Crippen LogP contribution in [0.25, 0.3) is 33.4 Å². The number of allylic oxidation sites excluding steroid dienone is 1. The molecule has 0 spiro atoms. The molecular formula is C42H28BNO. The van der Waals surface area contributed by atoms with Crippen LogP contribution in [0.2, 0.25) is 0 Å². The Morgan fingerprint density at radius 3 is 2.49 bits per heavy atom. The van der Waals surface area contributed by atoms with Gasteiger partial charge in [-0.25, -0.2) is 0 Å². The van der Waals surface area contributed by atoms with E-state index in [4.69, 9.17) is 4.74 Å². The molecule has 3 heterocycles. The molecule has 2 atom stereocenters. The van der Waals surface area contributed by atoms with E-state index in [0.717, 1.165) is 18.6 Å². The first-order valence-corrected chi connectivity index (χ1v) is 16.2. The molecule has 0 saturated carbocycles. The Kier molecular flexibility index (Phi) is 4.64. The van der Waals surface area contributed by atoms with Crippen molar-refractivity contribution in [3.8, 4) is 16.9 Å². The summed E-state index contributed by atoms with van der Waals surface area (Å²) in [4.78, 5) is 2.54. The van der Waals surface area contributed by atoms with Crippen molar-refractivity contribution in [2.24, 2.45) is 0 Å². The maximum absolute atomic E-state index is 6.73. The molecule has 0 bridgehead atoms. The van der Waals surface area contributed by atoms with E-state index < -0.39 is 0 Å². The van der Waals surface area contributed by atoms with Crippen LogP contribution in [0.3, 0.4) is 0 Å². The van der Waals surface area contributed by atoms with Gasteiger partial charge in [-0.15, -0.1) is 0 Å². The highest BCUT2D eigenvalue weighted by molar-refractivity contribution is 7.03. The molecule has 0 fully saturated rings. The fourth-order valence-corrected chi connectivity index (χ4v) is 9.11. The third-order valence-electron chi connectivity index (χ3n) is 10.9. The maximum Gasteiger partial charge on any atom is 0.248 e. The number of nitrogens with zero attached hydrogens (tertiary/aromatic N) is 1. The predicted molar refractivity (Wildman–Crippen MR) is 187 cm³/mol. The summed E-state index contributed by atoms with van der Waals surface area (Å²) in [6, 6.07) is 42.9. The second-order valence-corrected chi connectivity index (χ2v) is 13.0. The van der Waals surface area contributed by atoms with Crippen LogP contribution in [-0.2, 0) is 6.42 Å². The maximum atomic E-state index is 6.73. The molecular weight excluding hydrogens is 545 g/mol. The second kappa shape index (κ2) is 8.67. The molecule has 3 heteroatoms. The lowest BCUT2D eigenvalue weighted by atomic mass is 9.29. The van der Waals surface area contributed by atoms with Crippen LogP contribution in [0.5, 0.6) is 5.75 Å². The summed E-state index contributed by atoms with van der Waals surface area (Å²) in [5.74, 6) is 1.24. The van der Waals surface area contributed by atoms with Crippen molar-refractivity contribution in [2.75, 3.05) is 4.90 Å². The first-order valence-electron chi connectivity index (χ1n) is 16.2. The van der Waals surface area contributed by atoms with Crippen LogP contribution >= 0.6 is 0 Å². The number of benzene rings is 6. The van der Waals surface area contributed by atoms with Gasteiger partial charge in [-0.1, -0.05) is 103 Å². The molecule has 2 nitrogen and oxygen atoms in total. The second-order valence-electron chi connectivity index (χ2n) is 13.0. The van der Waals surface area contributed by atoms with E-state index >= 15 is 0 Å². The van der Waals surface area contributed by atoms with Crippen molar-refractivity contribution in [2.45, 2.75) is 24.9 Å². The van der Waals surface area contributed by atoms with Gasteiger partial charge < -0.3 is 9.64 Å². The summed E-state index contributed by atoms with van der Waals surface area (Å²) in [7, 11) is 0. The minimum atomic E-state index is -0.00439. The number of ether oxygens (including phenoxy) is 1. The predicted octanol–water partition coefficient (Wildman–Crippen LogP) is 8.70. The molecule has 2 aliphatic carbocycles. The van der Waals surface area contributed by atoms with Gasteiger partial charge >= 0.3 is 0 Å². The number of hydrogen-bond acceptors (Lipinski definition) is 2. The molecule has 6 aromatic rings. The van der Waals surface area contributed by atoms with E-state index in [2.05, 4.69) is 138 Å². The van der Waals surface area contributed by atoms with Gasteiger partial charge in [0.2, 0.25) is 6.71 Å². The summed E-state index contributed by atoms with van der Waals surface area (Å²) in [6.07, 6.45) is 9.30. The van der Waals surface area contributed by atoms with E-state index in [1.54, 1.807) is 0 Å². The van der Waals surface area contributed by atoms with Gasteiger partial charge in [0.1, 0.15) is 11.9 Å². The van der Waals surface area contributed by atoms with Gasteiger partial charge in [-0.05, 0) is 104 Å². The van der Waals surface area contributed by atoms with Crippen LogP contribution < -0.4 is 20.6 Å². The van der Waals surface area contributed by atoms with Crippen LogP contribution in [0, 0.1) is 0 Å². The van der Waals surface area contributed by atoms with Crippen LogP contribution in [0.1, 0.15) is 40.2 Å². The first kappa shape index (κ1) is 24.1. The Labute approximate surface area is 263 Å². The van der Waals surface area contributed by atoms with Gasteiger partial charge in [-0.3, -0.25) is 0 Å². The van der Waals surface area contributed by atoms with E-state index in [9.17, 15) is 0 Å². The van der Waals surface area contributed by atoms with Crippen LogP contribution in [0.4, 0.5) is 17.1 Å². The van der Waals surface area contributed by atoms with Gasteiger partial charge in [-0.2, -0.15) is 0 Å². The lowest BCUT2D eigenvalue weighted by Gasteiger charge is -2.44. The Morgan fingerprint density at radius 1 is 0.689 bits per heavy atom. The van der Waals surface area contributed by atoms with E-state index in [1.165, 1.54) is 83.2 Å². The average molecular weight is 574 g/mol. The van der Waals surface area contributed by atoms with Crippen molar-refractivity contribution in [3.05, 3.63) is 155 Å². The number of anilines is 3. The average Bonchev–Trinajstić information content (AvgIpc) is 3.48. The zero-order valence-corrected chi connectivity index (χ0v) is 24.7. The molecule has 0 amide bonds. The molecule has 0 N–H and O–H groups in total. The highest BCUT2D eigenvalue weighted by Crippen LogP contribution is 2.54. The summed E-state index contributed by atoms with van der Waals surface area (Å²) in [5, 5.41) is 2.53. The van der Waals surface area contributed by atoms with Crippen molar-refractivity contribution < 1.29 is 4.74 Å². The Balaban J connectivity index is 1.24. The lowest BCUT2D eigenvalue weighted by molar-refractivity contribution is 0.267. The molecule has 3 aliphatic heterocycles. The van der Waals surface area contributed by atoms with Crippen molar-refractivity contribution in [1.82, 2.24) is 0 Å². The van der Waals surface area contributed by atoms with E-state index in [1.807, 2.05) is 0 Å². The molecule has 6 aromatic carbocycles. The topological polar surface area (TPSA) is 12.5 Å². The number of fused-ring (bicyclic) bond motifs is 11. The summed E-state index contributed by atoms with van der Waals surface area (Å²) in [5.41, 5.74) is 17.8. The molecule has 45 heavy (non-hydrogen) atoms. The van der Waals surface area contributed by atoms with Gasteiger partial charge in [0, 0.05) is 22.6 Å². The zero-order chi connectivity index (χ0) is 29.2. The van der Waals surface area contributed by atoms with Crippen molar-refractivity contribution in [1.29, 1.82) is 0 Å². The Bertz CT molecular complexity index is 2350. The van der Waals surface area contributed by atoms with E-state index in [-0.39, 0.29) is 18.7 Å². The third-order valence-corrected chi connectivity index (χ3v) is 10.9. The minimum absolute atomic E-state index is 0.00439. The van der Waals surface area contributed by atoms with Gasteiger partial charge in [0.25, 0.3) is 0 Å². The molecule has 0 aromatic heterocycles. The number of rotatable bonds is 1. The summed E-state index contributed by atoms with van der Waals surface area (Å²) >= 11 is 0. The molecule has 5 aliphatic rings. The third kappa shape index (κ3) is 3.10. The molecule has 0 saturated heterocycles. The van der Waals surface area contributed by atoms with Crippen molar-refractivity contribution >= 4 is 57.0 Å². The standard InChI is InChI=1S/C42H28BNO/c1-2-11-27-23-28(21-19-25(27)9-1)44-35-17-8-15-31-30-14-7-16-33-39(30)34(24-38-40(33)32-13-5-6-18-37(32)45-38)43(42(31)35)41-29-12-4-3-10-26(29)20-22-36(41)44/h1-3,5-11,13-24,38,40H,4,12H2. The monoisotopic (exact) mass is 573 g/mol. The largest absolute Gasteiger partial charge is 0.485 e. The first-order chi connectivity index (χ1) is 22.3. The lowest BCUT2D eigenvalue weighted by Crippen LogP contribution is -2.55. The molecule has 2 unspecified atom stereocenters. The number of para-hydroxylation sites is 1. The smallest absolute Gasteiger partial charge is 0.248 e. The van der Waals surface area contributed by atoms with Crippen LogP contribution in [-0.4, -0.2) is 12.8 Å². The highest BCUT2D eigenvalue weighted by atomic mass is 16.5. The molecule has 0 radical (unpaired) electrons. The fourth-order valence-electron chi connectivity index (χ4n) is 9.11. The number of hydrogen-bond donors (Lipinski definition) is 0. The Morgan fingerprint density at radius 2 is 1.51 bits per heavy atom. The zero-order valence-electron chi connectivity index (χ0n) is 24.7. The van der Waals surface area contributed by atoms with E-state index in [0.29, 0.717) is 0 Å². The summed E-state index contributed by atoms with van der Waals surface area (Å²) < 4.78 is 6.73. The normalized spacial score (nSPS) is 19.1. The fraction of sp³-hybridized carbons (Fsp3) is 0.0952. The quantitative estimate of drug-likeness (QED) is 0.183. The molecule has 210 valence electrons. The van der Waals surface area contributed by atoms with Gasteiger partial charge in [0.15, 0.2) is 0 Å². The Hall–Kier alpha value is -5.28.